The van der Waals surface area contributed by atoms with Crippen LogP contribution in [0.1, 0.15) is 72.1 Å². The van der Waals surface area contributed by atoms with Gasteiger partial charge in [-0.05, 0) is 59.3 Å². The predicted molar refractivity (Wildman–Crippen MR) is 130 cm³/mol. The molecule has 1 aliphatic heterocycles. The first-order valence-electron chi connectivity index (χ1n) is 12.6. The number of ether oxygens (including phenoxy) is 1. The van der Waals surface area contributed by atoms with Gasteiger partial charge in [-0.2, -0.15) is 0 Å². The molecule has 204 valence electrons. The van der Waals surface area contributed by atoms with Crippen molar-refractivity contribution in [2.45, 2.75) is 89.7 Å². The van der Waals surface area contributed by atoms with Crippen molar-refractivity contribution >= 4 is 30.1 Å². The van der Waals surface area contributed by atoms with E-state index >= 15 is 0 Å². The summed E-state index contributed by atoms with van der Waals surface area (Å²) < 4.78 is 34.6. The molecule has 3 rings (SSSR count). The number of halogens is 2. The highest BCUT2D eigenvalue weighted by molar-refractivity contribution is 6.05. The normalized spacial score (nSPS) is 28.7. The smallest absolute Gasteiger partial charge is 0.408 e. The average molecular weight is 524 g/mol. The summed E-state index contributed by atoms with van der Waals surface area (Å²) in [5.41, 5.74) is -3.44. The number of carboxylic acid groups (broad SMARTS) is 1. The Labute approximate surface area is 215 Å². The molecule has 2 saturated carbocycles. The molecule has 0 radical (unpaired) electrons. The molecule has 2 aliphatic carbocycles. The molecule has 1 saturated heterocycles. The number of hydrogen-bond donors (Lipinski definition) is 2. The summed E-state index contributed by atoms with van der Waals surface area (Å²) in [6, 6.07) is -0.905. The highest BCUT2D eigenvalue weighted by Gasteiger charge is 2.86. The Morgan fingerprint density at radius 3 is 2.59 bits per heavy atom. The Morgan fingerprint density at radius 2 is 1.97 bits per heavy atom. The van der Waals surface area contributed by atoms with E-state index in [0.29, 0.717) is 25.7 Å². The van der Waals surface area contributed by atoms with Gasteiger partial charge in [0.25, 0.3) is 11.8 Å². The topological polar surface area (TPSA) is 125 Å². The van der Waals surface area contributed by atoms with Gasteiger partial charge in [-0.15, -0.1) is 12.3 Å². The minimum Gasteiger partial charge on any atom is -0.481 e. The van der Waals surface area contributed by atoms with E-state index in [9.17, 15) is 33.1 Å². The molecule has 0 bridgehead atoms. The molecule has 3 fully saturated rings. The molecule has 0 aromatic carbocycles. The van der Waals surface area contributed by atoms with Crippen LogP contribution in [0, 0.1) is 29.1 Å². The monoisotopic (exact) mass is 523 g/mol. The molecule has 2 unspecified atom stereocenters. The van der Waals surface area contributed by atoms with E-state index in [1.165, 1.54) is 4.90 Å². The number of terminal acetylenes is 1. The molecule has 1 heterocycles. The molecule has 4 atom stereocenters. The van der Waals surface area contributed by atoms with Crippen molar-refractivity contribution in [2.24, 2.45) is 21.7 Å². The van der Waals surface area contributed by atoms with Crippen LogP contribution in [-0.2, 0) is 19.1 Å². The zero-order valence-electron chi connectivity index (χ0n) is 21.5. The minimum absolute atomic E-state index is 0.00381. The highest BCUT2D eigenvalue weighted by atomic mass is 19.3. The van der Waals surface area contributed by atoms with Crippen molar-refractivity contribution in [2.75, 3.05) is 13.1 Å². The molecule has 37 heavy (non-hydrogen) atoms. The van der Waals surface area contributed by atoms with Crippen molar-refractivity contribution in [1.82, 2.24) is 10.2 Å². The molecular formula is C26H35F2N3O6. The minimum atomic E-state index is -3.01. The predicted octanol–water partition coefficient (Wildman–Crippen LogP) is 3.41. The lowest BCUT2D eigenvalue weighted by Gasteiger charge is -2.23. The standard InChI is InChI=1S/C26H35F2N3O6/c1-5-6-7-8-11-26(27,28)18-13-24(18)15-25(24,21(34)35)16-30-20(33)17-10-9-12-31(17)19(32)14-29-22(36)37-23(2,3)4/h1,16-18H,6-15H2,2-4H3,(H,29,36)(H,34,35)/t17-,18+,24?,25?/m0/s1. The number of aliphatic imine (C=N–C) groups is 1. The molecule has 3 aliphatic rings. The van der Waals surface area contributed by atoms with Gasteiger partial charge in [0.1, 0.15) is 23.6 Å². The molecule has 1 spiro atoms. The highest BCUT2D eigenvalue weighted by Crippen LogP contribution is 2.84. The number of carboxylic acids is 1. The van der Waals surface area contributed by atoms with E-state index in [-0.39, 0.29) is 38.8 Å². The van der Waals surface area contributed by atoms with Crippen LogP contribution in [0.3, 0.4) is 0 Å². The van der Waals surface area contributed by atoms with Crippen LogP contribution in [0.4, 0.5) is 13.6 Å². The summed E-state index contributed by atoms with van der Waals surface area (Å²) in [5.74, 6) is -4.16. The zero-order valence-corrected chi connectivity index (χ0v) is 21.5. The number of aliphatic carboxylic acids is 1. The number of amides is 3. The van der Waals surface area contributed by atoms with Gasteiger partial charge in [0.05, 0.1) is 0 Å². The molecule has 0 aromatic heterocycles. The maximum Gasteiger partial charge on any atom is 0.408 e. The second-order valence-corrected chi connectivity index (χ2v) is 11.2. The largest absolute Gasteiger partial charge is 0.481 e. The number of carbonyl (C=O) groups excluding carboxylic acids is 3. The summed E-state index contributed by atoms with van der Waals surface area (Å²) in [4.78, 5) is 54.5. The van der Waals surface area contributed by atoms with Crippen molar-refractivity contribution in [3.63, 3.8) is 0 Å². The van der Waals surface area contributed by atoms with Crippen LogP contribution in [-0.4, -0.2) is 70.8 Å². The molecule has 9 nitrogen and oxygen atoms in total. The van der Waals surface area contributed by atoms with Gasteiger partial charge >= 0.3 is 12.1 Å². The first kappa shape index (κ1) is 28.5. The molecule has 0 aromatic rings. The van der Waals surface area contributed by atoms with Crippen LogP contribution in [0.15, 0.2) is 4.99 Å². The third-order valence-electron chi connectivity index (χ3n) is 7.46. The van der Waals surface area contributed by atoms with Gasteiger partial charge in [-0.1, -0.05) is 0 Å². The number of hydrogen-bond acceptors (Lipinski definition) is 5. The summed E-state index contributed by atoms with van der Waals surface area (Å²) in [5, 5.41) is 12.2. The van der Waals surface area contributed by atoms with Crippen molar-refractivity contribution in [3.8, 4) is 12.3 Å². The van der Waals surface area contributed by atoms with E-state index in [1.807, 2.05) is 0 Å². The third-order valence-corrected chi connectivity index (χ3v) is 7.46. The molecule has 3 amide bonds. The molecular weight excluding hydrogens is 488 g/mol. The quantitative estimate of drug-likeness (QED) is 0.257. The van der Waals surface area contributed by atoms with Crippen LogP contribution in [0.2, 0.25) is 0 Å². The number of alkyl carbamates (subject to hydrolysis) is 1. The van der Waals surface area contributed by atoms with E-state index in [2.05, 4.69) is 16.2 Å². The fourth-order valence-corrected chi connectivity index (χ4v) is 5.43. The van der Waals surface area contributed by atoms with E-state index in [4.69, 9.17) is 11.2 Å². The Bertz CT molecular complexity index is 1020. The van der Waals surface area contributed by atoms with Gasteiger partial charge in [0.15, 0.2) is 0 Å². The van der Waals surface area contributed by atoms with E-state index in [0.717, 1.165) is 6.21 Å². The number of carbonyl (C=O) groups is 4. The first-order chi connectivity index (χ1) is 17.2. The van der Waals surface area contributed by atoms with Gasteiger partial charge in [0.2, 0.25) is 5.91 Å². The molecule has 11 heteroatoms. The van der Waals surface area contributed by atoms with Crippen molar-refractivity contribution < 1.29 is 37.8 Å². The first-order valence-corrected chi connectivity index (χ1v) is 12.6. The Balaban J connectivity index is 1.60. The average Bonchev–Trinajstić information content (AvgIpc) is 3.62. The van der Waals surface area contributed by atoms with Crippen molar-refractivity contribution in [1.29, 1.82) is 0 Å². The number of nitrogens with one attached hydrogen (secondary N) is 1. The van der Waals surface area contributed by atoms with Crippen molar-refractivity contribution in [3.05, 3.63) is 0 Å². The summed E-state index contributed by atoms with van der Waals surface area (Å²) in [7, 11) is 0. The maximum absolute atomic E-state index is 14.7. The summed E-state index contributed by atoms with van der Waals surface area (Å²) >= 11 is 0. The van der Waals surface area contributed by atoms with Crippen LogP contribution in [0.5, 0.6) is 0 Å². The fraction of sp³-hybridized carbons (Fsp3) is 0.731. The number of alkyl halides is 2. The lowest BCUT2D eigenvalue weighted by molar-refractivity contribution is -0.141. The second-order valence-electron chi connectivity index (χ2n) is 11.2. The number of likely N-dealkylation sites (tertiary alicyclic amines) is 1. The van der Waals surface area contributed by atoms with Gasteiger partial charge in [-0.3, -0.25) is 14.4 Å². The summed E-state index contributed by atoms with van der Waals surface area (Å²) in [6.07, 6.45) is 7.12. The van der Waals surface area contributed by atoms with Crippen LogP contribution in [0.25, 0.3) is 0 Å². The number of rotatable bonds is 10. The number of nitrogens with zero attached hydrogens (tertiary/aromatic N) is 2. The Hall–Kier alpha value is -3.03. The summed E-state index contributed by atoms with van der Waals surface area (Å²) in [6.45, 7) is 4.95. The SMILES string of the molecule is C#CCCCCC(F)(F)[C@@H]1CC12CC2(C=NC(=O)[C@@H]1CCCN1C(=O)CNC(=O)OC(C)(C)C)C(=O)O. The zero-order chi connectivity index (χ0) is 27.6. The lowest BCUT2D eigenvalue weighted by atomic mass is 9.98. The van der Waals surface area contributed by atoms with Gasteiger partial charge in [-0.25, -0.2) is 18.6 Å². The number of unbranched alkanes of at least 4 members (excludes halogenated alkanes) is 2. The van der Waals surface area contributed by atoms with E-state index in [1.54, 1.807) is 20.8 Å². The third kappa shape index (κ3) is 6.11. The maximum atomic E-state index is 14.7. The van der Waals surface area contributed by atoms with E-state index < -0.39 is 58.2 Å². The van der Waals surface area contributed by atoms with Crippen LogP contribution < -0.4 is 5.32 Å². The molecule has 2 N–H and O–H groups in total. The van der Waals surface area contributed by atoms with Crippen LogP contribution >= 0.6 is 0 Å². The van der Waals surface area contributed by atoms with Gasteiger partial charge < -0.3 is 20.1 Å². The fourth-order valence-electron chi connectivity index (χ4n) is 5.43. The lowest BCUT2D eigenvalue weighted by Crippen LogP contribution is -2.46. The Morgan fingerprint density at radius 1 is 1.27 bits per heavy atom. The Kier molecular flexibility index (Phi) is 8.01. The second kappa shape index (κ2) is 10.4. The van der Waals surface area contributed by atoms with Gasteiger partial charge in [0, 0.05) is 36.9 Å².